The first-order valence-corrected chi connectivity index (χ1v) is 11.2. The summed E-state index contributed by atoms with van der Waals surface area (Å²) in [6.07, 6.45) is 7.80. The molecule has 0 radical (unpaired) electrons. The van der Waals surface area contributed by atoms with Crippen molar-refractivity contribution >= 4 is 18.2 Å². The van der Waals surface area contributed by atoms with Crippen molar-refractivity contribution in [3.8, 4) is 0 Å². The van der Waals surface area contributed by atoms with Crippen LogP contribution in [-0.4, -0.2) is 74.3 Å². The maximum atomic E-state index is 11.9. The summed E-state index contributed by atoms with van der Waals surface area (Å²) < 4.78 is 0. The number of nitrogens with one attached hydrogen (secondary N) is 2. The van der Waals surface area contributed by atoms with E-state index >= 15 is 0 Å². The number of rotatable bonds is 8. The van der Waals surface area contributed by atoms with Crippen molar-refractivity contribution in [2.75, 3.05) is 40.3 Å². The summed E-state index contributed by atoms with van der Waals surface area (Å²) in [4.78, 5) is 37.8. The van der Waals surface area contributed by atoms with Crippen molar-refractivity contribution in [2.45, 2.75) is 73.3 Å². The van der Waals surface area contributed by atoms with E-state index in [0.717, 1.165) is 0 Å². The van der Waals surface area contributed by atoms with Gasteiger partial charge in [-0.05, 0) is 52.7 Å². The smallest absolute Gasteiger partial charge is 0.246 e. The number of hydrogen-bond acceptors (Lipinski definition) is 4. The summed E-state index contributed by atoms with van der Waals surface area (Å²) in [6.45, 7) is 14.9. The average Bonchev–Trinajstić information content (AvgIpc) is 2.71. The standard InChI is InChI=1S/C14H25N3O3.C6H13N.C3H8/c1-6-16-14(20)11(4)7-12(10(2)3)17(5)13(19)8-15-9-18;1-7-5-3-2-4-6-7;1-3-2/h7,9-10,12H,6,8H2,1-5H3,(H,15,18)(H,16,20);2-6H2,1H3;3H2,1-2H3/b11-7+;;/t12-;;/m1../s1. The topological polar surface area (TPSA) is 81.8 Å². The van der Waals surface area contributed by atoms with Gasteiger partial charge < -0.3 is 20.4 Å². The molecule has 1 heterocycles. The highest BCUT2D eigenvalue weighted by Crippen LogP contribution is 2.13. The Hall–Kier alpha value is -1.89. The maximum Gasteiger partial charge on any atom is 0.246 e. The highest BCUT2D eigenvalue weighted by Gasteiger charge is 2.21. The third kappa shape index (κ3) is 15.0. The number of carbonyl (C=O) groups excluding carboxylic acids is 3. The second-order valence-corrected chi connectivity index (χ2v) is 8.02. The van der Waals surface area contributed by atoms with Gasteiger partial charge in [0.15, 0.2) is 0 Å². The molecule has 0 bridgehead atoms. The molecule has 0 saturated carbocycles. The molecule has 1 saturated heterocycles. The first-order valence-electron chi connectivity index (χ1n) is 11.2. The molecule has 0 spiro atoms. The summed E-state index contributed by atoms with van der Waals surface area (Å²) in [6, 6.07) is -0.196. The second kappa shape index (κ2) is 19.1. The molecular formula is C23H46N4O3. The largest absolute Gasteiger partial charge is 0.353 e. The molecule has 1 aliphatic heterocycles. The van der Waals surface area contributed by atoms with Crippen LogP contribution in [-0.2, 0) is 14.4 Å². The van der Waals surface area contributed by atoms with Gasteiger partial charge in [-0.25, -0.2) is 0 Å². The van der Waals surface area contributed by atoms with Gasteiger partial charge in [0, 0.05) is 19.2 Å². The molecule has 1 rings (SSSR count). The normalized spacial score (nSPS) is 15.0. The Balaban J connectivity index is 0. The number of piperidine rings is 1. The number of nitrogens with zero attached hydrogens (tertiary/aromatic N) is 2. The second-order valence-electron chi connectivity index (χ2n) is 8.02. The third-order valence-electron chi connectivity index (χ3n) is 4.56. The Morgan fingerprint density at radius 2 is 1.63 bits per heavy atom. The summed E-state index contributed by atoms with van der Waals surface area (Å²) in [5, 5.41) is 5.07. The predicted octanol–water partition coefficient (Wildman–Crippen LogP) is 2.82. The van der Waals surface area contributed by atoms with E-state index < -0.39 is 0 Å². The number of likely N-dealkylation sites (N-methyl/N-ethyl adjacent to an activating group) is 2. The van der Waals surface area contributed by atoms with Crippen LogP contribution in [0.4, 0.5) is 0 Å². The van der Waals surface area contributed by atoms with E-state index in [1.807, 2.05) is 20.8 Å². The minimum Gasteiger partial charge on any atom is -0.353 e. The first-order chi connectivity index (χ1) is 14.2. The molecule has 7 nitrogen and oxygen atoms in total. The third-order valence-corrected chi connectivity index (χ3v) is 4.56. The molecule has 0 aliphatic carbocycles. The number of likely N-dealkylation sites (tertiary alicyclic amines) is 1. The minimum atomic E-state index is -0.198. The molecule has 176 valence electrons. The maximum absolute atomic E-state index is 11.9. The van der Waals surface area contributed by atoms with Crippen LogP contribution in [0.15, 0.2) is 11.6 Å². The van der Waals surface area contributed by atoms with E-state index in [9.17, 15) is 14.4 Å². The van der Waals surface area contributed by atoms with Crippen LogP contribution in [0.3, 0.4) is 0 Å². The summed E-state index contributed by atoms with van der Waals surface area (Å²) in [5.41, 5.74) is 0.577. The summed E-state index contributed by atoms with van der Waals surface area (Å²) >= 11 is 0. The molecule has 0 aromatic rings. The van der Waals surface area contributed by atoms with Gasteiger partial charge in [-0.2, -0.15) is 0 Å². The highest BCUT2D eigenvalue weighted by atomic mass is 16.2. The van der Waals surface area contributed by atoms with Crippen LogP contribution in [0.5, 0.6) is 0 Å². The predicted molar refractivity (Wildman–Crippen MR) is 125 cm³/mol. The Kier molecular flexibility index (Phi) is 19.3. The molecule has 30 heavy (non-hydrogen) atoms. The highest BCUT2D eigenvalue weighted by molar-refractivity contribution is 5.93. The van der Waals surface area contributed by atoms with Crippen LogP contribution >= 0.6 is 0 Å². The molecular weight excluding hydrogens is 380 g/mol. The summed E-state index contributed by atoms with van der Waals surface area (Å²) in [5.74, 6) is -0.176. The fourth-order valence-electron chi connectivity index (χ4n) is 2.86. The van der Waals surface area contributed by atoms with Crippen molar-refractivity contribution < 1.29 is 14.4 Å². The van der Waals surface area contributed by atoms with Gasteiger partial charge in [0.25, 0.3) is 0 Å². The van der Waals surface area contributed by atoms with E-state index in [4.69, 9.17) is 0 Å². The number of amides is 3. The van der Waals surface area contributed by atoms with E-state index in [0.29, 0.717) is 18.5 Å². The lowest BCUT2D eigenvalue weighted by molar-refractivity contribution is -0.132. The van der Waals surface area contributed by atoms with Crippen molar-refractivity contribution in [1.82, 2.24) is 20.4 Å². The zero-order valence-corrected chi connectivity index (χ0v) is 20.6. The lowest BCUT2D eigenvalue weighted by Gasteiger charge is -2.29. The quantitative estimate of drug-likeness (QED) is 0.462. The van der Waals surface area contributed by atoms with E-state index in [1.54, 1.807) is 24.9 Å². The van der Waals surface area contributed by atoms with Crippen LogP contribution in [0.1, 0.15) is 67.2 Å². The van der Waals surface area contributed by atoms with Crippen LogP contribution in [0.25, 0.3) is 0 Å². The molecule has 1 fully saturated rings. The molecule has 1 atom stereocenters. The average molecular weight is 427 g/mol. The zero-order chi connectivity index (χ0) is 23.5. The van der Waals surface area contributed by atoms with Gasteiger partial charge in [-0.3, -0.25) is 14.4 Å². The monoisotopic (exact) mass is 426 g/mol. The zero-order valence-electron chi connectivity index (χ0n) is 20.6. The molecule has 0 aromatic carbocycles. The molecule has 7 heteroatoms. The molecule has 0 aromatic heterocycles. The van der Waals surface area contributed by atoms with Gasteiger partial charge in [0.1, 0.15) is 0 Å². The minimum absolute atomic E-state index is 0.0444. The SMILES string of the molecule is CCC.CCNC(=O)/C(C)=C/[C@H](C(C)C)N(C)C(=O)CNC=O.CN1CCCCC1. The van der Waals surface area contributed by atoms with Gasteiger partial charge in [0.2, 0.25) is 18.2 Å². The number of carbonyl (C=O) groups is 3. The molecule has 0 unspecified atom stereocenters. The fraction of sp³-hybridized carbons (Fsp3) is 0.783. The molecule has 3 amide bonds. The Labute approximate surface area is 184 Å². The van der Waals surface area contributed by atoms with Crippen LogP contribution < -0.4 is 10.6 Å². The fourth-order valence-corrected chi connectivity index (χ4v) is 2.86. The lowest BCUT2D eigenvalue weighted by Crippen LogP contribution is -2.43. The van der Waals surface area contributed by atoms with Crippen molar-refractivity contribution in [3.05, 3.63) is 11.6 Å². The number of hydrogen-bond donors (Lipinski definition) is 2. The Bertz CT molecular complexity index is 501. The van der Waals surface area contributed by atoms with Crippen molar-refractivity contribution in [1.29, 1.82) is 0 Å². The van der Waals surface area contributed by atoms with Crippen LogP contribution in [0, 0.1) is 5.92 Å². The van der Waals surface area contributed by atoms with Gasteiger partial charge >= 0.3 is 0 Å². The lowest BCUT2D eigenvalue weighted by atomic mass is 10.00. The van der Waals surface area contributed by atoms with E-state index in [1.165, 1.54) is 38.8 Å². The summed E-state index contributed by atoms with van der Waals surface area (Å²) in [7, 11) is 3.86. The van der Waals surface area contributed by atoms with Crippen molar-refractivity contribution in [3.63, 3.8) is 0 Å². The Morgan fingerprint density at radius 1 is 1.10 bits per heavy atom. The molecule has 1 aliphatic rings. The van der Waals surface area contributed by atoms with Gasteiger partial charge in [-0.15, -0.1) is 0 Å². The van der Waals surface area contributed by atoms with Crippen molar-refractivity contribution in [2.24, 2.45) is 5.92 Å². The molecule has 2 N–H and O–H groups in total. The van der Waals surface area contributed by atoms with Gasteiger partial charge in [0.05, 0.1) is 12.6 Å². The van der Waals surface area contributed by atoms with Gasteiger partial charge in [-0.1, -0.05) is 46.6 Å². The van der Waals surface area contributed by atoms with Crippen LogP contribution in [0.2, 0.25) is 0 Å². The first kappa shape index (κ1) is 30.3. The van der Waals surface area contributed by atoms with E-state index in [-0.39, 0.29) is 30.3 Å². The van der Waals surface area contributed by atoms with E-state index in [2.05, 4.69) is 36.4 Å². The Morgan fingerprint density at radius 3 is 2.00 bits per heavy atom.